The highest BCUT2D eigenvalue weighted by molar-refractivity contribution is 7.89. The van der Waals surface area contributed by atoms with Crippen LogP contribution < -0.4 is 15.2 Å². The lowest BCUT2D eigenvalue weighted by Crippen LogP contribution is -2.15. The number of rotatable bonds is 4. The van der Waals surface area contributed by atoms with Gasteiger partial charge in [0.1, 0.15) is 17.0 Å². The second-order valence-electron chi connectivity index (χ2n) is 5.25. The number of methoxy groups -OCH3 is 1. The van der Waals surface area contributed by atoms with Crippen LogP contribution in [0.4, 0.5) is 5.69 Å². The van der Waals surface area contributed by atoms with Gasteiger partial charge in [0.15, 0.2) is 0 Å². The molecule has 128 valence electrons. The standard InChI is InChI=1S/C17H15N3O4S/c1-24-15-4-2-3-11-5-10-14(20-16(11)15)17(21)19-12-6-8-13(9-7-12)25(18,22)23/h2-10H,1H3,(H,19,21)(H2,18,22,23). The third-order valence-electron chi connectivity index (χ3n) is 3.58. The van der Waals surface area contributed by atoms with E-state index in [-0.39, 0.29) is 10.6 Å². The van der Waals surface area contributed by atoms with Gasteiger partial charge < -0.3 is 10.1 Å². The Balaban J connectivity index is 1.87. The van der Waals surface area contributed by atoms with E-state index in [4.69, 9.17) is 9.88 Å². The summed E-state index contributed by atoms with van der Waals surface area (Å²) in [5.74, 6) is 0.154. The van der Waals surface area contributed by atoms with Crippen molar-refractivity contribution in [1.29, 1.82) is 0 Å². The predicted octanol–water partition coefficient (Wildman–Crippen LogP) is 2.14. The van der Waals surface area contributed by atoms with E-state index < -0.39 is 15.9 Å². The van der Waals surface area contributed by atoms with Gasteiger partial charge in [-0.15, -0.1) is 0 Å². The maximum absolute atomic E-state index is 12.4. The van der Waals surface area contributed by atoms with Crippen LogP contribution in [-0.4, -0.2) is 26.4 Å². The average molecular weight is 357 g/mol. The van der Waals surface area contributed by atoms with Crippen LogP contribution >= 0.6 is 0 Å². The summed E-state index contributed by atoms with van der Waals surface area (Å²) in [6.07, 6.45) is 0. The second-order valence-corrected chi connectivity index (χ2v) is 6.81. The Kier molecular flexibility index (Phi) is 4.39. The molecule has 3 N–H and O–H groups in total. The fraction of sp³-hybridized carbons (Fsp3) is 0.0588. The molecule has 0 aliphatic carbocycles. The summed E-state index contributed by atoms with van der Waals surface area (Å²) in [6.45, 7) is 0. The maximum atomic E-state index is 12.4. The van der Waals surface area contributed by atoms with Crippen molar-refractivity contribution < 1.29 is 17.9 Å². The minimum absolute atomic E-state index is 0.0286. The maximum Gasteiger partial charge on any atom is 0.274 e. The first-order valence-corrected chi connectivity index (χ1v) is 8.81. The van der Waals surface area contributed by atoms with Crippen LogP contribution in [-0.2, 0) is 10.0 Å². The lowest BCUT2D eigenvalue weighted by molar-refractivity contribution is 0.102. The number of ether oxygens (including phenoxy) is 1. The molecule has 1 heterocycles. The molecule has 0 saturated heterocycles. The molecule has 8 heteroatoms. The number of nitrogens with two attached hydrogens (primary N) is 1. The predicted molar refractivity (Wildman–Crippen MR) is 94.1 cm³/mol. The molecule has 0 aliphatic rings. The Morgan fingerprint density at radius 2 is 1.80 bits per heavy atom. The average Bonchev–Trinajstić information content (AvgIpc) is 2.60. The normalized spacial score (nSPS) is 11.3. The summed E-state index contributed by atoms with van der Waals surface area (Å²) in [4.78, 5) is 16.7. The number of para-hydroxylation sites is 1. The summed E-state index contributed by atoms with van der Waals surface area (Å²) in [6, 6.07) is 14.4. The molecule has 0 fully saturated rings. The molecule has 0 radical (unpaired) electrons. The van der Waals surface area contributed by atoms with E-state index in [9.17, 15) is 13.2 Å². The number of carbonyl (C=O) groups is 1. The smallest absolute Gasteiger partial charge is 0.274 e. The van der Waals surface area contributed by atoms with Crippen LogP contribution in [0.15, 0.2) is 59.5 Å². The molecule has 1 amide bonds. The fourth-order valence-corrected chi connectivity index (χ4v) is 2.85. The van der Waals surface area contributed by atoms with E-state index in [1.165, 1.54) is 31.4 Å². The number of pyridine rings is 1. The number of hydrogen-bond donors (Lipinski definition) is 2. The summed E-state index contributed by atoms with van der Waals surface area (Å²) in [5, 5.41) is 8.56. The van der Waals surface area contributed by atoms with Crippen molar-refractivity contribution >= 4 is 32.5 Å². The molecular formula is C17H15N3O4S. The van der Waals surface area contributed by atoms with Crippen molar-refractivity contribution in [3.05, 3.63) is 60.3 Å². The number of nitrogens with zero attached hydrogens (tertiary/aromatic N) is 1. The monoisotopic (exact) mass is 357 g/mol. The van der Waals surface area contributed by atoms with Gasteiger partial charge in [-0.25, -0.2) is 18.5 Å². The Labute approximate surface area is 144 Å². The molecule has 3 aromatic rings. The molecule has 0 unspecified atom stereocenters. The second kappa shape index (κ2) is 6.50. The number of hydrogen-bond acceptors (Lipinski definition) is 5. The van der Waals surface area contributed by atoms with Crippen molar-refractivity contribution in [2.45, 2.75) is 4.90 Å². The minimum Gasteiger partial charge on any atom is -0.494 e. The first-order chi connectivity index (χ1) is 11.9. The Morgan fingerprint density at radius 3 is 2.44 bits per heavy atom. The van der Waals surface area contributed by atoms with E-state index in [0.717, 1.165) is 5.39 Å². The van der Waals surface area contributed by atoms with Gasteiger partial charge in [-0.2, -0.15) is 0 Å². The quantitative estimate of drug-likeness (QED) is 0.743. The molecule has 0 saturated carbocycles. The number of sulfonamides is 1. The first-order valence-electron chi connectivity index (χ1n) is 7.26. The molecular weight excluding hydrogens is 342 g/mol. The van der Waals surface area contributed by atoms with Gasteiger partial charge >= 0.3 is 0 Å². The Bertz CT molecular complexity index is 1050. The zero-order valence-corrected chi connectivity index (χ0v) is 14.1. The first kappa shape index (κ1) is 16.9. The van der Waals surface area contributed by atoms with E-state index in [0.29, 0.717) is 17.0 Å². The van der Waals surface area contributed by atoms with Gasteiger partial charge in [0, 0.05) is 11.1 Å². The topological polar surface area (TPSA) is 111 Å². The number of aromatic nitrogens is 1. The SMILES string of the molecule is COc1cccc2ccc(C(=O)Nc3ccc(S(N)(=O)=O)cc3)nc12. The summed E-state index contributed by atoms with van der Waals surface area (Å²) in [5.41, 5.74) is 1.23. The number of fused-ring (bicyclic) bond motifs is 1. The van der Waals surface area contributed by atoms with Gasteiger partial charge in [-0.1, -0.05) is 18.2 Å². The highest BCUT2D eigenvalue weighted by atomic mass is 32.2. The number of primary sulfonamides is 1. The summed E-state index contributed by atoms with van der Waals surface area (Å²) < 4.78 is 27.7. The molecule has 3 rings (SSSR count). The minimum atomic E-state index is -3.77. The van der Waals surface area contributed by atoms with Crippen molar-refractivity contribution in [3.8, 4) is 5.75 Å². The van der Waals surface area contributed by atoms with Crippen molar-refractivity contribution in [3.63, 3.8) is 0 Å². The van der Waals surface area contributed by atoms with Crippen LogP contribution in [0.5, 0.6) is 5.75 Å². The van der Waals surface area contributed by atoms with Crippen LogP contribution in [0.3, 0.4) is 0 Å². The van der Waals surface area contributed by atoms with Crippen LogP contribution in [0.1, 0.15) is 10.5 Å². The van der Waals surface area contributed by atoms with Crippen LogP contribution in [0, 0.1) is 0 Å². The number of carbonyl (C=O) groups excluding carboxylic acids is 1. The largest absolute Gasteiger partial charge is 0.494 e. The molecule has 0 bridgehead atoms. The van der Waals surface area contributed by atoms with Gasteiger partial charge in [0.05, 0.1) is 12.0 Å². The van der Waals surface area contributed by atoms with Gasteiger partial charge in [-0.3, -0.25) is 4.79 Å². The lowest BCUT2D eigenvalue weighted by Gasteiger charge is -2.08. The van der Waals surface area contributed by atoms with E-state index in [1.807, 2.05) is 12.1 Å². The van der Waals surface area contributed by atoms with Crippen molar-refractivity contribution in [2.75, 3.05) is 12.4 Å². The van der Waals surface area contributed by atoms with Gasteiger partial charge in [0.2, 0.25) is 10.0 Å². The third kappa shape index (κ3) is 3.59. The van der Waals surface area contributed by atoms with E-state index in [2.05, 4.69) is 10.3 Å². The lowest BCUT2D eigenvalue weighted by atomic mass is 10.2. The Hall–Kier alpha value is -2.97. The number of amides is 1. The summed E-state index contributed by atoms with van der Waals surface area (Å²) >= 11 is 0. The molecule has 1 aromatic heterocycles. The van der Waals surface area contributed by atoms with Gasteiger partial charge in [0.25, 0.3) is 5.91 Å². The molecule has 0 spiro atoms. The zero-order chi connectivity index (χ0) is 18.0. The number of nitrogens with one attached hydrogen (secondary N) is 1. The Morgan fingerprint density at radius 1 is 1.08 bits per heavy atom. The highest BCUT2D eigenvalue weighted by Crippen LogP contribution is 2.24. The van der Waals surface area contributed by atoms with Crippen LogP contribution in [0.2, 0.25) is 0 Å². The zero-order valence-electron chi connectivity index (χ0n) is 13.3. The highest BCUT2D eigenvalue weighted by Gasteiger charge is 2.12. The van der Waals surface area contributed by atoms with Crippen molar-refractivity contribution in [2.24, 2.45) is 5.14 Å². The molecule has 0 aliphatic heterocycles. The third-order valence-corrected chi connectivity index (χ3v) is 4.51. The fourth-order valence-electron chi connectivity index (χ4n) is 2.33. The molecule has 7 nitrogen and oxygen atoms in total. The molecule has 25 heavy (non-hydrogen) atoms. The summed E-state index contributed by atoms with van der Waals surface area (Å²) in [7, 11) is -2.23. The van der Waals surface area contributed by atoms with E-state index >= 15 is 0 Å². The van der Waals surface area contributed by atoms with E-state index in [1.54, 1.807) is 18.2 Å². The molecule has 0 atom stereocenters. The molecule has 2 aromatic carbocycles. The van der Waals surface area contributed by atoms with Gasteiger partial charge in [-0.05, 0) is 36.4 Å². The van der Waals surface area contributed by atoms with Crippen molar-refractivity contribution in [1.82, 2.24) is 4.98 Å². The number of anilines is 1. The van der Waals surface area contributed by atoms with Crippen LogP contribution in [0.25, 0.3) is 10.9 Å². The number of benzene rings is 2.